The van der Waals surface area contributed by atoms with Gasteiger partial charge in [-0.25, -0.2) is 24.9 Å². The van der Waals surface area contributed by atoms with Crippen molar-refractivity contribution in [2.45, 2.75) is 26.7 Å². The Morgan fingerprint density at radius 1 is 0.523 bits per heavy atom. The molecule has 10 rings (SSSR count). The third-order valence-electron chi connectivity index (χ3n) is 11.8. The Labute approximate surface area is 379 Å². The van der Waals surface area contributed by atoms with E-state index in [4.69, 9.17) is 29.4 Å². The maximum Gasteiger partial charge on any atom is 0.167 e. The zero-order valence-corrected chi connectivity index (χ0v) is 36.3. The molecule has 0 saturated heterocycles. The molecule has 0 unspecified atom stereocenters. The second kappa shape index (κ2) is 18.2. The fraction of sp³-hybridized carbons (Fsp3) is 0.0678. The van der Waals surface area contributed by atoms with Crippen molar-refractivity contribution < 1.29 is 4.42 Å². The lowest BCUT2D eigenvalue weighted by Crippen LogP contribution is -2.05. The zero-order chi connectivity index (χ0) is 44.1. The number of benzene rings is 8. The lowest BCUT2D eigenvalue weighted by atomic mass is 9.90. The minimum Gasteiger partial charge on any atom is -0.455 e. The number of hydrogen-bond donors (Lipinski definition) is 0. The number of furan rings is 1. The van der Waals surface area contributed by atoms with Crippen molar-refractivity contribution in [3.63, 3.8) is 0 Å². The highest BCUT2D eigenvalue weighted by atomic mass is 16.3. The summed E-state index contributed by atoms with van der Waals surface area (Å²) in [4.78, 5) is 25.6. The Kier molecular flexibility index (Phi) is 11.4. The average Bonchev–Trinajstić information content (AvgIpc) is 3.76. The van der Waals surface area contributed by atoms with Crippen molar-refractivity contribution in [2.24, 2.45) is 9.98 Å². The maximum atomic E-state index is 6.77. The predicted octanol–water partition coefficient (Wildman–Crippen LogP) is 14.5. The van der Waals surface area contributed by atoms with Gasteiger partial charge in [-0.15, -0.1) is 0 Å². The van der Waals surface area contributed by atoms with Gasteiger partial charge in [0.25, 0.3) is 0 Å². The second-order valence-electron chi connectivity index (χ2n) is 16.1. The first-order chi connectivity index (χ1) is 32.0. The molecule has 0 amide bonds. The molecule has 0 fully saturated rings. The van der Waals surface area contributed by atoms with Gasteiger partial charge in [-0.05, 0) is 71.3 Å². The Morgan fingerprint density at radius 3 is 1.89 bits per heavy atom. The van der Waals surface area contributed by atoms with Crippen molar-refractivity contribution in [2.75, 3.05) is 0 Å². The molecule has 0 aliphatic rings. The highest BCUT2D eigenvalue weighted by Crippen LogP contribution is 2.39. The smallest absolute Gasteiger partial charge is 0.167 e. The van der Waals surface area contributed by atoms with Crippen LogP contribution >= 0.6 is 0 Å². The Bertz CT molecular complexity index is 3390. The molecule has 0 N–H and O–H groups in total. The summed E-state index contributed by atoms with van der Waals surface area (Å²) in [6, 6.07) is 68.3. The number of fused-ring (bicyclic) bond motifs is 3. The van der Waals surface area contributed by atoms with Crippen molar-refractivity contribution in [1.29, 1.82) is 0 Å². The summed E-state index contributed by atoms with van der Waals surface area (Å²) in [5, 5.41) is 1.83. The normalized spacial score (nSPS) is 11.9. The van der Waals surface area contributed by atoms with Crippen LogP contribution in [0.2, 0.25) is 0 Å². The summed E-state index contributed by atoms with van der Waals surface area (Å²) in [5.74, 6) is 2.43. The van der Waals surface area contributed by atoms with Gasteiger partial charge < -0.3 is 4.42 Å². The molecular formula is C59H45N5O. The van der Waals surface area contributed by atoms with Crippen molar-refractivity contribution in [1.82, 2.24) is 15.0 Å². The molecule has 0 bridgehead atoms. The van der Waals surface area contributed by atoms with E-state index >= 15 is 0 Å². The molecule has 0 aliphatic carbocycles. The van der Waals surface area contributed by atoms with E-state index < -0.39 is 0 Å². The molecule has 0 aliphatic heterocycles. The quantitative estimate of drug-likeness (QED) is 0.0960. The Morgan fingerprint density at radius 2 is 1.15 bits per heavy atom. The first-order valence-corrected chi connectivity index (χ1v) is 21.9. The number of para-hydroxylation sites is 1. The van der Waals surface area contributed by atoms with Gasteiger partial charge in [0.05, 0.1) is 11.3 Å². The van der Waals surface area contributed by atoms with Gasteiger partial charge >= 0.3 is 0 Å². The molecule has 8 aromatic carbocycles. The molecule has 2 aromatic heterocycles. The molecule has 0 spiro atoms. The van der Waals surface area contributed by atoms with Gasteiger partial charge in [0, 0.05) is 39.6 Å². The third kappa shape index (κ3) is 8.58. The Balaban J connectivity index is 1.06. The highest BCUT2D eigenvalue weighted by molar-refractivity contribution is 6.16. The van der Waals surface area contributed by atoms with Crippen LogP contribution in [0.4, 0.5) is 0 Å². The summed E-state index contributed by atoms with van der Waals surface area (Å²) in [5.41, 5.74) is 14.5. The minimum atomic E-state index is 0.547. The fourth-order valence-corrected chi connectivity index (χ4v) is 8.46. The molecule has 0 saturated carbocycles. The van der Waals surface area contributed by atoms with E-state index in [1.54, 1.807) is 0 Å². The van der Waals surface area contributed by atoms with Crippen LogP contribution in [-0.4, -0.2) is 26.5 Å². The highest BCUT2D eigenvalue weighted by Gasteiger charge is 2.20. The maximum absolute atomic E-state index is 6.77. The summed E-state index contributed by atoms with van der Waals surface area (Å²) in [6.45, 7) is 8.69. The van der Waals surface area contributed by atoms with Crippen LogP contribution in [0.3, 0.4) is 0 Å². The van der Waals surface area contributed by atoms with E-state index in [-0.39, 0.29) is 0 Å². The van der Waals surface area contributed by atoms with Crippen LogP contribution in [0.1, 0.15) is 40.6 Å². The number of rotatable bonds is 11. The molecule has 0 radical (unpaired) electrons. The van der Waals surface area contributed by atoms with Gasteiger partial charge in [-0.2, -0.15) is 0 Å². The number of amidine groups is 1. The van der Waals surface area contributed by atoms with E-state index in [0.717, 1.165) is 50.7 Å². The van der Waals surface area contributed by atoms with Gasteiger partial charge in [0.2, 0.25) is 0 Å². The van der Waals surface area contributed by atoms with Gasteiger partial charge in [0.15, 0.2) is 17.5 Å². The number of nitrogens with zero attached hydrogens (tertiary/aromatic N) is 5. The zero-order valence-electron chi connectivity index (χ0n) is 36.3. The first-order valence-electron chi connectivity index (χ1n) is 21.9. The van der Waals surface area contributed by atoms with Crippen molar-refractivity contribution >= 4 is 39.2 Å². The van der Waals surface area contributed by atoms with E-state index in [2.05, 4.69) is 104 Å². The molecule has 6 nitrogen and oxygen atoms in total. The number of aliphatic imine (C=N–C) groups is 2. The molecule has 2 heterocycles. The van der Waals surface area contributed by atoms with E-state index in [0.29, 0.717) is 46.6 Å². The molecule has 0 atom stereocenters. The van der Waals surface area contributed by atoms with Crippen molar-refractivity contribution in [3.05, 3.63) is 240 Å². The van der Waals surface area contributed by atoms with Crippen LogP contribution in [0.5, 0.6) is 0 Å². The monoisotopic (exact) mass is 839 g/mol. The van der Waals surface area contributed by atoms with Crippen LogP contribution in [-0.2, 0) is 12.8 Å². The third-order valence-corrected chi connectivity index (χ3v) is 11.8. The lowest BCUT2D eigenvalue weighted by molar-refractivity contribution is 0.669. The fourth-order valence-electron chi connectivity index (χ4n) is 8.46. The largest absolute Gasteiger partial charge is 0.455 e. The topological polar surface area (TPSA) is 76.5 Å². The van der Waals surface area contributed by atoms with Crippen LogP contribution in [0, 0.1) is 6.92 Å². The van der Waals surface area contributed by atoms with Crippen LogP contribution in [0.25, 0.3) is 72.7 Å². The van der Waals surface area contributed by atoms with Gasteiger partial charge in [0.1, 0.15) is 17.0 Å². The van der Waals surface area contributed by atoms with Gasteiger partial charge in [-0.3, -0.25) is 0 Å². The summed E-state index contributed by atoms with van der Waals surface area (Å²) >= 11 is 0. The van der Waals surface area contributed by atoms with E-state index in [1.807, 2.05) is 116 Å². The molecule has 6 heteroatoms. The van der Waals surface area contributed by atoms with E-state index in [1.165, 1.54) is 33.4 Å². The van der Waals surface area contributed by atoms with Crippen LogP contribution in [0.15, 0.2) is 221 Å². The average molecular weight is 840 g/mol. The van der Waals surface area contributed by atoms with Crippen molar-refractivity contribution in [3.8, 4) is 45.0 Å². The number of aryl methyl sites for hydroxylation is 3. The number of hydrogen-bond acceptors (Lipinski definition) is 5. The lowest BCUT2D eigenvalue weighted by Gasteiger charge is -2.15. The number of aromatic nitrogens is 3. The first kappa shape index (κ1) is 40.7. The van der Waals surface area contributed by atoms with E-state index in [9.17, 15) is 0 Å². The molecular weight excluding hydrogens is 795 g/mol. The standard InChI is InChI=1S/C59H45N5O/c1-39-20-16-17-29-48(39)50-36-34-46(43-23-10-5-11-24-43)38-47(50)35-37-54-62-58(45-27-14-7-15-28-45)64-59(63-54)52-32-18-31-51-55-49(30-19-33-53(55)65-56(51)52)41(3)61-57(44-25-12-6-13-26-44)60-40(2)42-21-8-4-9-22-42/h4-34,36,38H,3,35,37H2,1-2H3. The Hall–Kier alpha value is -8.35. The SMILES string of the molecule is C=C(N=C(N=C(C)c1ccccc1)c1ccccc1)c1cccc2oc3c(-c4nc(CCc5cc(-c6ccccc6)ccc5-c5ccccc5C)nc(-c5ccccc5)n4)cccc3c12. The predicted molar refractivity (Wildman–Crippen MR) is 268 cm³/mol. The van der Waals surface area contributed by atoms with Crippen LogP contribution < -0.4 is 0 Å². The molecule has 65 heavy (non-hydrogen) atoms. The minimum absolute atomic E-state index is 0.547. The van der Waals surface area contributed by atoms with Gasteiger partial charge in [-0.1, -0.05) is 195 Å². The molecule has 10 aromatic rings. The summed E-state index contributed by atoms with van der Waals surface area (Å²) in [7, 11) is 0. The summed E-state index contributed by atoms with van der Waals surface area (Å²) in [6.07, 6.45) is 1.32. The second-order valence-corrected chi connectivity index (χ2v) is 16.1. The summed E-state index contributed by atoms with van der Waals surface area (Å²) < 4.78 is 6.77. The molecule has 312 valence electrons.